The summed E-state index contributed by atoms with van der Waals surface area (Å²) >= 11 is 7.40. The monoisotopic (exact) mass is 635 g/mol. The van der Waals surface area contributed by atoms with E-state index < -0.39 is 6.04 Å². The number of para-hydroxylation sites is 1. The molecule has 1 aliphatic heterocycles. The van der Waals surface area contributed by atoms with E-state index in [9.17, 15) is 9.59 Å². The highest BCUT2D eigenvalue weighted by molar-refractivity contribution is 7.07. The van der Waals surface area contributed by atoms with E-state index in [1.807, 2.05) is 116 Å². The zero-order valence-electron chi connectivity index (χ0n) is 24.7. The molecule has 0 aliphatic carbocycles. The molecular formula is C36H30ClN3O4S. The maximum absolute atomic E-state index is 14.1. The number of nitrogens with one attached hydrogen (secondary N) is 1. The number of nitrogens with zero attached hydrogens (tertiary/aromatic N) is 2. The van der Waals surface area contributed by atoms with Crippen LogP contribution in [-0.2, 0) is 11.4 Å². The SMILES string of the molecule is CCOc1ccc([C@H]2C(C(=O)Nc3ccccc3)=C(C)N=c3s/c(=C\c4cccc(OCc5cccc(Cl)c5)c4)c(=O)n32)cc1. The summed E-state index contributed by atoms with van der Waals surface area (Å²) in [4.78, 5) is 33.1. The third kappa shape index (κ3) is 6.77. The van der Waals surface area contributed by atoms with E-state index in [-0.39, 0.29) is 11.5 Å². The van der Waals surface area contributed by atoms with Crippen LogP contribution < -0.4 is 29.7 Å². The Morgan fingerprint density at radius 2 is 1.73 bits per heavy atom. The van der Waals surface area contributed by atoms with Gasteiger partial charge in [0.15, 0.2) is 4.80 Å². The molecule has 0 saturated carbocycles. The molecule has 0 saturated heterocycles. The first-order valence-electron chi connectivity index (χ1n) is 14.5. The molecule has 9 heteroatoms. The molecular weight excluding hydrogens is 606 g/mol. The summed E-state index contributed by atoms with van der Waals surface area (Å²) in [6.07, 6.45) is 1.83. The molecule has 1 aliphatic rings. The number of benzene rings is 4. The van der Waals surface area contributed by atoms with E-state index in [0.29, 0.717) is 56.0 Å². The fourth-order valence-corrected chi connectivity index (χ4v) is 6.46. The molecule has 4 aromatic carbocycles. The first-order chi connectivity index (χ1) is 21.9. The molecule has 226 valence electrons. The number of aromatic nitrogens is 1. The molecule has 7 nitrogen and oxygen atoms in total. The minimum Gasteiger partial charge on any atom is -0.494 e. The molecule has 0 radical (unpaired) electrons. The minimum absolute atomic E-state index is 0.236. The lowest BCUT2D eigenvalue weighted by atomic mass is 9.95. The van der Waals surface area contributed by atoms with Gasteiger partial charge in [-0.25, -0.2) is 4.99 Å². The van der Waals surface area contributed by atoms with Crippen molar-refractivity contribution >= 4 is 40.6 Å². The number of hydrogen-bond donors (Lipinski definition) is 1. The highest BCUT2D eigenvalue weighted by Gasteiger charge is 2.32. The van der Waals surface area contributed by atoms with Crippen LogP contribution in [0.1, 0.15) is 36.6 Å². The molecule has 6 rings (SSSR count). The maximum atomic E-state index is 14.1. The molecule has 45 heavy (non-hydrogen) atoms. The summed E-state index contributed by atoms with van der Waals surface area (Å²) in [6.45, 7) is 4.62. The highest BCUT2D eigenvalue weighted by atomic mass is 35.5. The average molecular weight is 636 g/mol. The summed E-state index contributed by atoms with van der Waals surface area (Å²) in [5.41, 5.74) is 3.90. The van der Waals surface area contributed by atoms with Gasteiger partial charge in [0.25, 0.3) is 11.5 Å². The van der Waals surface area contributed by atoms with Crippen molar-refractivity contribution in [2.75, 3.05) is 11.9 Å². The van der Waals surface area contributed by atoms with Crippen molar-refractivity contribution in [3.63, 3.8) is 0 Å². The number of ether oxygens (including phenoxy) is 2. The van der Waals surface area contributed by atoms with Crippen molar-refractivity contribution in [1.29, 1.82) is 0 Å². The Morgan fingerprint density at radius 1 is 0.956 bits per heavy atom. The predicted molar refractivity (Wildman–Crippen MR) is 179 cm³/mol. The number of rotatable bonds is 9. The number of carbonyl (C=O) groups is 1. The van der Waals surface area contributed by atoms with Gasteiger partial charge in [0.2, 0.25) is 0 Å². The van der Waals surface area contributed by atoms with Gasteiger partial charge in [0, 0.05) is 10.7 Å². The van der Waals surface area contributed by atoms with Crippen LogP contribution in [0.5, 0.6) is 11.5 Å². The maximum Gasteiger partial charge on any atom is 0.271 e. The van der Waals surface area contributed by atoms with E-state index in [1.165, 1.54) is 11.3 Å². The molecule has 0 unspecified atom stereocenters. The molecule has 1 amide bonds. The lowest BCUT2D eigenvalue weighted by molar-refractivity contribution is -0.113. The Kier molecular flexibility index (Phi) is 8.96. The summed E-state index contributed by atoms with van der Waals surface area (Å²) < 4.78 is 13.8. The number of allylic oxidation sites excluding steroid dienone is 1. The van der Waals surface area contributed by atoms with E-state index in [1.54, 1.807) is 11.5 Å². The number of halogens is 1. The standard InChI is InChI=1S/C36H30ClN3O4S/c1-3-43-29-17-15-26(16-18-29)33-32(34(41)39-28-12-5-4-6-13-28)23(2)38-36-40(33)35(42)31(45-36)21-24-9-8-14-30(20-24)44-22-25-10-7-11-27(37)19-25/h4-21,33H,3,22H2,1-2H3,(H,39,41)/b31-21-/t33-/m0/s1. The first kappa shape index (κ1) is 30.1. The molecule has 0 bridgehead atoms. The van der Waals surface area contributed by atoms with Crippen LogP contribution in [0.3, 0.4) is 0 Å². The van der Waals surface area contributed by atoms with E-state index in [4.69, 9.17) is 26.1 Å². The largest absolute Gasteiger partial charge is 0.494 e. The summed E-state index contributed by atoms with van der Waals surface area (Å²) in [5.74, 6) is 1.06. The van der Waals surface area contributed by atoms with Gasteiger partial charge in [0.1, 0.15) is 18.1 Å². The Bertz CT molecular complexity index is 2070. The predicted octanol–water partition coefficient (Wildman–Crippen LogP) is 6.51. The fourth-order valence-electron chi connectivity index (χ4n) is 5.20. The summed E-state index contributed by atoms with van der Waals surface area (Å²) in [5, 5.41) is 3.63. The van der Waals surface area contributed by atoms with Crippen LogP contribution in [0.4, 0.5) is 5.69 Å². The van der Waals surface area contributed by atoms with Crippen LogP contribution in [0.2, 0.25) is 5.02 Å². The Morgan fingerprint density at radius 3 is 2.49 bits per heavy atom. The number of carbonyl (C=O) groups excluding carboxylic acids is 1. The van der Waals surface area contributed by atoms with Gasteiger partial charge in [-0.05, 0) is 85.1 Å². The average Bonchev–Trinajstić information content (AvgIpc) is 3.34. The van der Waals surface area contributed by atoms with Crippen molar-refractivity contribution in [1.82, 2.24) is 4.57 Å². The van der Waals surface area contributed by atoms with Gasteiger partial charge in [-0.2, -0.15) is 0 Å². The summed E-state index contributed by atoms with van der Waals surface area (Å²) in [6, 6.07) is 31.1. The van der Waals surface area contributed by atoms with Crippen molar-refractivity contribution < 1.29 is 14.3 Å². The number of amides is 1. The highest BCUT2D eigenvalue weighted by Crippen LogP contribution is 2.32. The fraction of sp³-hybridized carbons (Fsp3) is 0.139. The van der Waals surface area contributed by atoms with Crippen LogP contribution in [0.15, 0.2) is 124 Å². The summed E-state index contributed by atoms with van der Waals surface area (Å²) in [7, 11) is 0. The lowest BCUT2D eigenvalue weighted by Crippen LogP contribution is -2.40. The van der Waals surface area contributed by atoms with E-state index in [0.717, 1.165) is 16.7 Å². The van der Waals surface area contributed by atoms with Gasteiger partial charge in [-0.15, -0.1) is 0 Å². The van der Waals surface area contributed by atoms with Crippen LogP contribution in [-0.4, -0.2) is 17.1 Å². The molecule has 0 spiro atoms. The molecule has 2 heterocycles. The van der Waals surface area contributed by atoms with Gasteiger partial charge < -0.3 is 14.8 Å². The van der Waals surface area contributed by atoms with Gasteiger partial charge in [-0.3, -0.25) is 14.2 Å². The number of anilines is 1. The second-order valence-electron chi connectivity index (χ2n) is 10.4. The van der Waals surface area contributed by atoms with Crippen LogP contribution >= 0.6 is 22.9 Å². The van der Waals surface area contributed by atoms with Crippen molar-refractivity contribution in [3.05, 3.63) is 156 Å². The van der Waals surface area contributed by atoms with Crippen molar-refractivity contribution in [3.8, 4) is 11.5 Å². The van der Waals surface area contributed by atoms with Crippen molar-refractivity contribution in [2.24, 2.45) is 4.99 Å². The van der Waals surface area contributed by atoms with E-state index in [2.05, 4.69) is 5.32 Å². The lowest BCUT2D eigenvalue weighted by Gasteiger charge is -2.25. The van der Waals surface area contributed by atoms with Crippen LogP contribution in [0.25, 0.3) is 6.08 Å². The zero-order valence-corrected chi connectivity index (χ0v) is 26.3. The van der Waals surface area contributed by atoms with Crippen molar-refractivity contribution in [2.45, 2.75) is 26.5 Å². The van der Waals surface area contributed by atoms with E-state index >= 15 is 0 Å². The van der Waals surface area contributed by atoms with Gasteiger partial charge in [0.05, 0.1) is 28.5 Å². The molecule has 0 fully saturated rings. The topological polar surface area (TPSA) is 81.9 Å². The molecule has 1 N–H and O–H groups in total. The number of hydrogen-bond acceptors (Lipinski definition) is 6. The first-order valence-corrected chi connectivity index (χ1v) is 15.7. The Balaban J connectivity index is 1.38. The molecule has 1 atom stereocenters. The Hall–Kier alpha value is -4.92. The smallest absolute Gasteiger partial charge is 0.271 e. The second-order valence-corrected chi connectivity index (χ2v) is 11.8. The molecule has 5 aromatic rings. The third-order valence-corrected chi connectivity index (χ3v) is 8.47. The quantitative estimate of drug-likeness (QED) is 0.200. The third-order valence-electron chi connectivity index (χ3n) is 7.26. The van der Waals surface area contributed by atoms with Gasteiger partial charge in [-0.1, -0.05) is 77.5 Å². The van der Waals surface area contributed by atoms with Gasteiger partial charge >= 0.3 is 0 Å². The minimum atomic E-state index is -0.685. The second kappa shape index (κ2) is 13.4. The zero-order chi connectivity index (χ0) is 31.3. The number of fused-ring (bicyclic) bond motifs is 1. The Labute approximate surface area is 269 Å². The normalized spacial score (nSPS) is 14.5. The molecule has 1 aromatic heterocycles. The number of thiazole rings is 1. The van der Waals surface area contributed by atoms with Crippen LogP contribution in [0, 0.1) is 0 Å².